The molecule has 0 aromatic heterocycles. The van der Waals surface area contributed by atoms with E-state index in [0.29, 0.717) is 17.3 Å². The minimum atomic E-state index is -0.963. The van der Waals surface area contributed by atoms with E-state index in [2.05, 4.69) is 47.2 Å². The summed E-state index contributed by atoms with van der Waals surface area (Å²) in [6.45, 7) is 10.8. The van der Waals surface area contributed by atoms with Crippen molar-refractivity contribution in [3.63, 3.8) is 0 Å². The zero-order valence-electron chi connectivity index (χ0n) is 16.2. The van der Waals surface area contributed by atoms with Crippen LogP contribution in [-0.2, 0) is 0 Å². The van der Waals surface area contributed by atoms with Gasteiger partial charge in [0.05, 0.1) is 21.6 Å². The Hall–Kier alpha value is -1.44. The van der Waals surface area contributed by atoms with Crippen LogP contribution in [0.1, 0.15) is 12.8 Å². The molecule has 150 valence electrons. The summed E-state index contributed by atoms with van der Waals surface area (Å²) in [7, 11) is -0.963. The number of anilines is 1. The Bertz CT molecular complexity index is 695. The standard InChI is InChI=1S/C18H28Cl2N4O2Si/c1-27(2,3)11-5-8-23-10-9-22(14-23)7-4-6-21-17-12-15(19)16(20)13-18(17)24(25)26/h9-10,12-13,21H,4-8,11,14H2,1-3H3. The Morgan fingerprint density at radius 3 is 2.30 bits per heavy atom. The first-order chi connectivity index (χ1) is 12.7. The van der Waals surface area contributed by atoms with Crippen molar-refractivity contribution in [2.45, 2.75) is 38.5 Å². The fraction of sp³-hybridized carbons (Fsp3) is 0.556. The van der Waals surface area contributed by atoms with Gasteiger partial charge in [0.1, 0.15) is 5.69 Å². The molecule has 1 aliphatic rings. The molecule has 0 bridgehead atoms. The van der Waals surface area contributed by atoms with Crippen molar-refractivity contribution in [3.05, 3.63) is 44.7 Å². The monoisotopic (exact) mass is 430 g/mol. The molecule has 1 heterocycles. The zero-order chi connectivity index (χ0) is 20.0. The third-order valence-electron chi connectivity index (χ3n) is 4.40. The summed E-state index contributed by atoms with van der Waals surface area (Å²) in [5, 5.41) is 14.8. The number of hydrogen-bond acceptors (Lipinski definition) is 5. The van der Waals surface area contributed by atoms with E-state index in [0.717, 1.165) is 26.2 Å². The topological polar surface area (TPSA) is 61.6 Å². The first-order valence-corrected chi connectivity index (χ1v) is 13.7. The molecule has 0 amide bonds. The number of hydrogen-bond donors (Lipinski definition) is 1. The Morgan fingerprint density at radius 2 is 1.70 bits per heavy atom. The normalized spacial score (nSPS) is 14.1. The number of benzene rings is 1. The van der Waals surface area contributed by atoms with Crippen molar-refractivity contribution in [2.75, 3.05) is 31.6 Å². The van der Waals surface area contributed by atoms with Crippen LogP contribution in [0.15, 0.2) is 24.5 Å². The van der Waals surface area contributed by atoms with Gasteiger partial charge in [-0.3, -0.25) is 10.1 Å². The van der Waals surface area contributed by atoms with Gasteiger partial charge in [0.2, 0.25) is 0 Å². The molecule has 0 spiro atoms. The van der Waals surface area contributed by atoms with E-state index in [1.165, 1.54) is 24.6 Å². The number of nitro benzene ring substituents is 1. The SMILES string of the molecule is C[Si](C)(C)CCCN1C=CN(CCCNc2cc(Cl)c(Cl)cc2[N+](=O)[O-])C1. The van der Waals surface area contributed by atoms with E-state index in [1.807, 2.05) is 0 Å². The van der Waals surface area contributed by atoms with Crippen LogP contribution >= 0.6 is 23.2 Å². The molecule has 1 aromatic rings. The second-order valence-corrected chi connectivity index (χ2v) is 14.5. The van der Waals surface area contributed by atoms with Crippen LogP contribution in [0, 0.1) is 10.1 Å². The highest BCUT2D eigenvalue weighted by Gasteiger charge is 2.18. The van der Waals surface area contributed by atoms with E-state index in [1.54, 1.807) is 0 Å². The van der Waals surface area contributed by atoms with Gasteiger partial charge >= 0.3 is 0 Å². The summed E-state index contributed by atoms with van der Waals surface area (Å²) in [5.41, 5.74) is 0.346. The van der Waals surface area contributed by atoms with Crippen LogP contribution in [0.4, 0.5) is 11.4 Å². The van der Waals surface area contributed by atoms with Crippen molar-refractivity contribution < 1.29 is 4.92 Å². The van der Waals surface area contributed by atoms with Gasteiger partial charge in [-0.1, -0.05) is 48.9 Å². The minimum Gasteiger partial charge on any atom is -0.379 e. The van der Waals surface area contributed by atoms with Gasteiger partial charge in [-0.2, -0.15) is 0 Å². The van der Waals surface area contributed by atoms with E-state index in [4.69, 9.17) is 23.2 Å². The second kappa shape index (κ2) is 9.66. The lowest BCUT2D eigenvalue weighted by Crippen LogP contribution is -2.29. The van der Waals surface area contributed by atoms with E-state index in [9.17, 15) is 10.1 Å². The predicted octanol–water partition coefficient (Wildman–Crippen LogP) is 5.48. The van der Waals surface area contributed by atoms with Crippen molar-refractivity contribution in [2.24, 2.45) is 0 Å². The lowest BCUT2D eigenvalue weighted by molar-refractivity contribution is -0.383. The van der Waals surface area contributed by atoms with Crippen molar-refractivity contribution in [3.8, 4) is 0 Å². The van der Waals surface area contributed by atoms with Crippen molar-refractivity contribution in [1.29, 1.82) is 0 Å². The molecule has 2 rings (SSSR count). The smallest absolute Gasteiger partial charge is 0.293 e. The largest absolute Gasteiger partial charge is 0.379 e. The van der Waals surface area contributed by atoms with E-state index in [-0.39, 0.29) is 10.7 Å². The van der Waals surface area contributed by atoms with Gasteiger partial charge in [0.15, 0.2) is 0 Å². The summed E-state index contributed by atoms with van der Waals surface area (Å²) in [4.78, 5) is 15.3. The minimum absolute atomic E-state index is 0.0564. The molecule has 0 saturated heterocycles. The highest BCUT2D eigenvalue weighted by atomic mass is 35.5. The third-order valence-corrected chi connectivity index (χ3v) is 6.97. The number of rotatable bonds is 10. The van der Waals surface area contributed by atoms with Gasteiger partial charge in [0, 0.05) is 46.2 Å². The van der Waals surface area contributed by atoms with Crippen LogP contribution in [-0.4, -0.2) is 49.1 Å². The molecule has 0 aliphatic carbocycles. The Labute approximate surface area is 172 Å². The Morgan fingerprint density at radius 1 is 1.11 bits per heavy atom. The van der Waals surface area contributed by atoms with Gasteiger partial charge in [-0.05, 0) is 18.9 Å². The zero-order valence-corrected chi connectivity index (χ0v) is 18.7. The van der Waals surface area contributed by atoms with E-state index >= 15 is 0 Å². The first kappa shape index (κ1) is 21.9. The van der Waals surface area contributed by atoms with Crippen LogP contribution in [0.5, 0.6) is 0 Å². The summed E-state index contributed by atoms with van der Waals surface area (Å²) in [6, 6.07) is 4.15. The Balaban J connectivity index is 1.72. The molecule has 1 N–H and O–H groups in total. The number of halogens is 2. The highest BCUT2D eigenvalue weighted by molar-refractivity contribution is 6.76. The Kier molecular flexibility index (Phi) is 7.82. The fourth-order valence-corrected chi connectivity index (χ4v) is 4.49. The molecule has 27 heavy (non-hydrogen) atoms. The molecule has 0 atom stereocenters. The second-order valence-electron chi connectivity index (χ2n) is 8.05. The van der Waals surface area contributed by atoms with E-state index < -0.39 is 13.0 Å². The van der Waals surface area contributed by atoms with Crippen molar-refractivity contribution >= 4 is 42.7 Å². The average molecular weight is 431 g/mol. The maximum atomic E-state index is 11.2. The van der Waals surface area contributed by atoms with Crippen LogP contribution in [0.3, 0.4) is 0 Å². The number of nitrogens with one attached hydrogen (secondary N) is 1. The molecular formula is C18H28Cl2N4O2Si. The summed E-state index contributed by atoms with van der Waals surface area (Å²) in [5.74, 6) is 0. The third kappa shape index (κ3) is 7.24. The molecule has 6 nitrogen and oxygen atoms in total. The molecular weight excluding hydrogens is 403 g/mol. The van der Waals surface area contributed by atoms with Gasteiger partial charge in [0.25, 0.3) is 5.69 Å². The molecule has 0 radical (unpaired) electrons. The van der Waals surface area contributed by atoms with Crippen LogP contribution in [0.2, 0.25) is 35.7 Å². The summed E-state index contributed by atoms with van der Waals surface area (Å²) < 4.78 is 0. The number of nitrogens with zero attached hydrogens (tertiary/aromatic N) is 3. The molecule has 0 saturated carbocycles. The van der Waals surface area contributed by atoms with Gasteiger partial charge in [-0.15, -0.1) is 0 Å². The van der Waals surface area contributed by atoms with Crippen LogP contribution < -0.4 is 5.32 Å². The van der Waals surface area contributed by atoms with Gasteiger partial charge < -0.3 is 15.1 Å². The predicted molar refractivity (Wildman–Crippen MR) is 116 cm³/mol. The van der Waals surface area contributed by atoms with Gasteiger partial charge in [-0.25, -0.2) is 0 Å². The average Bonchev–Trinajstić information content (AvgIpc) is 3.00. The maximum absolute atomic E-state index is 11.2. The fourth-order valence-electron chi connectivity index (χ4n) is 2.95. The molecule has 1 aliphatic heterocycles. The summed E-state index contributed by atoms with van der Waals surface area (Å²) >= 11 is 11.8. The first-order valence-electron chi connectivity index (χ1n) is 9.19. The molecule has 1 aromatic carbocycles. The van der Waals surface area contributed by atoms with Crippen LogP contribution in [0.25, 0.3) is 0 Å². The van der Waals surface area contributed by atoms with Crippen molar-refractivity contribution in [1.82, 2.24) is 9.80 Å². The maximum Gasteiger partial charge on any atom is 0.293 e. The lowest BCUT2D eigenvalue weighted by atomic mass is 10.2. The number of nitro groups is 1. The lowest BCUT2D eigenvalue weighted by Gasteiger charge is -2.23. The molecule has 9 heteroatoms. The molecule has 0 fully saturated rings. The molecule has 0 unspecified atom stereocenters. The quantitative estimate of drug-likeness (QED) is 0.230. The highest BCUT2D eigenvalue weighted by Crippen LogP contribution is 2.33. The summed E-state index contributed by atoms with van der Waals surface area (Å²) in [6.07, 6.45) is 6.39.